The second-order valence-corrected chi connectivity index (χ2v) is 4.89. The standard InChI is InChI=1S/C14H17NO4.CH2O3.2Na/c16-13(17)12-6-8-15(9-7-12)14(18)19-10-11-4-2-1-3-5-11;2-1(3)4;;/h1-5,12H,6-10H2,(H,16,17);(H2,2,3,4);;/q;;2*+1/p-2. The maximum absolute atomic E-state index is 11.8. The van der Waals surface area contributed by atoms with Crippen LogP contribution in [0.1, 0.15) is 18.4 Å². The third-order valence-electron chi connectivity index (χ3n) is 3.31. The normalized spacial score (nSPS) is 13.2. The topological polar surface area (TPSA) is 130 Å². The molecule has 0 atom stereocenters. The van der Waals surface area contributed by atoms with Crippen LogP contribution in [0.25, 0.3) is 0 Å². The van der Waals surface area contributed by atoms with Crippen molar-refractivity contribution in [2.75, 3.05) is 13.1 Å². The first kappa shape index (κ1) is 26.5. The molecule has 1 aromatic rings. The molecule has 1 aromatic carbocycles. The van der Waals surface area contributed by atoms with E-state index in [1.54, 1.807) is 4.90 Å². The summed E-state index contributed by atoms with van der Waals surface area (Å²) in [5.74, 6) is -1.12. The van der Waals surface area contributed by atoms with Crippen LogP contribution in [0.2, 0.25) is 0 Å². The molecule has 0 aromatic heterocycles. The Morgan fingerprint density at radius 2 is 1.56 bits per heavy atom. The zero-order valence-corrected chi connectivity index (χ0v) is 18.3. The van der Waals surface area contributed by atoms with Crippen molar-refractivity contribution in [1.29, 1.82) is 0 Å². The van der Waals surface area contributed by atoms with Gasteiger partial charge in [-0.05, 0) is 24.6 Å². The quantitative estimate of drug-likeness (QED) is 0.525. The average Bonchev–Trinajstić information content (AvgIpc) is 2.53. The van der Waals surface area contributed by atoms with Crippen LogP contribution >= 0.6 is 0 Å². The number of nitrogens with zero attached hydrogens (tertiary/aromatic N) is 1. The van der Waals surface area contributed by atoms with Gasteiger partial charge in [0.05, 0.1) is 5.92 Å². The number of piperidine rings is 1. The number of amides is 1. The van der Waals surface area contributed by atoms with Crippen LogP contribution in [0.3, 0.4) is 0 Å². The van der Waals surface area contributed by atoms with Crippen LogP contribution in [0.4, 0.5) is 9.59 Å². The number of benzene rings is 1. The smallest absolute Gasteiger partial charge is 0.652 e. The number of carboxylic acid groups (broad SMARTS) is 3. The van der Waals surface area contributed by atoms with Crippen LogP contribution in [0.15, 0.2) is 30.3 Å². The van der Waals surface area contributed by atoms with Gasteiger partial charge in [0, 0.05) is 13.1 Å². The van der Waals surface area contributed by atoms with Crippen molar-refractivity contribution in [2.24, 2.45) is 5.92 Å². The van der Waals surface area contributed by atoms with E-state index in [9.17, 15) is 9.59 Å². The monoisotopic (exact) mass is 369 g/mol. The number of ether oxygens (including phenoxy) is 1. The van der Waals surface area contributed by atoms with E-state index in [1.807, 2.05) is 30.3 Å². The molecule has 1 saturated heterocycles. The van der Waals surface area contributed by atoms with Crippen molar-refractivity contribution in [3.8, 4) is 0 Å². The maximum atomic E-state index is 11.8. The summed E-state index contributed by atoms with van der Waals surface area (Å²) < 4.78 is 5.20. The largest absolute Gasteiger partial charge is 1.00 e. The summed E-state index contributed by atoms with van der Waals surface area (Å²) in [5.41, 5.74) is 0.941. The van der Waals surface area contributed by atoms with E-state index in [2.05, 4.69) is 0 Å². The first-order valence-electron chi connectivity index (χ1n) is 6.96. The Hall–Kier alpha value is -0.770. The summed E-state index contributed by atoms with van der Waals surface area (Å²) in [7, 11) is 0. The van der Waals surface area contributed by atoms with Gasteiger partial charge in [-0.25, -0.2) is 4.79 Å². The molecule has 1 fully saturated rings. The molecule has 1 N–H and O–H groups in total. The van der Waals surface area contributed by atoms with Crippen molar-refractivity contribution in [3.05, 3.63) is 35.9 Å². The second kappa shape index (κ2) is 14.4. The molecule has 0 bridgehead atoms. The molecule has 0 spiro atoms. The molecule has 2 rings (SSSR count). The zero-order valence-electron chi connectivity index (χ0n) is 14.3. The van der Waals surface area contributed by atoms with E-state index in [4.69, 9.17) is 24.9 Å². The first-order chi connectivity index (χ1) is 10.9. The van der Waals surface area contributed by atoms with Crippen LogP contribution in [-0.2, 0) is 16.1 Å². The van der Waals surface area contributed by atoms with Gasteiger partial charge in [0.25, 0.3) is 0 Å². The van der Waals surface area contributed by atoms with Crippen molar-refractivity contribution in [1.82, 2.24) is 4.90 Å². The van der Waals surface area contributed by atoms with Gasteiger partial charge in [-0.2, -0.15) is 0 Å². The third-order valence-corrected chi connectivity index (χ3v) is 3.31. The zero-order chi connectivity index (χ0) is 17.2. The first-order valence-corrected chi connectivity index (χ1v) is 6.96. The fourth-order valence-electron chi connectivity index (χ4n) is 2.12. The molecule has 0 saturated carbocycles. The van der Waals surface area contributed by atoms with Gasteiger partial charge in [0.2, 0.25) is 0 Å². The fourth-order valence-corrected chi connectivity index (χ4v) is 2.12. The number of carboxylic acids is 1. The molecule has 1 heterocycles. The molecular formula is C15H17NNa2O7. The molecule has 0 unspecified atom stereocenters. The Morgan fingerprint density at radius 3 is 2.00 bits per heavy atom. The Labute approximate surface area is 189 Å². The van der Waals surface area contributed by atoms with Crippen LogP contribution in [-0.4, -0.2) is 41.3 Å². The summed E-state index contributed by atoms with van der Waals surface area (Å²) >= 11 is 0. The summed E-state index contributed by atoms with van der Waals surface area (Å²) in [6.45, 7) is 1.15. The summed E-state index contributed by atoms with van der Waals surface area (Å²) in [6, 6.07) is 9.47. The number of carbonyl (C=O) groups excluding carboxylic acids is 2. The van der Waals surface area contributed by atoms with Crippen molar-refractivity contribution >= 4 is 18.2 Å². The van der Waals surface area contributed by atoms with E-state index >= 15 is 0 Å². The minimum atomic E-state index is -2.33. The molecule has 1 aliphatic rings. The number of aliphatic carboxylic acids is 1. The fraction of sp³-hybridized carbons (Fsp3) is 0.400. The molecule has 126 valence electrons. The van der Waals surface area contributed by atoms with Crippen LogP contribution in [0, 0.1) is 5.92 Å². The number of hydrogen-bond donors (Lipinski definition) is 1. The van der Waals surface area contributed by atoms with Crippen LogP contribution < -0.4 is 69.3 Å². The van der Waals surface area contributed by atoms with E-state index in [-0.39, 0.29) is 77.7 Å². The minimum Gasteiger partial charge on any atom is -0.652 e. The Morgan fingerprint density at radius 1 is 1.08 bits per heavy atom. The van der Waals surface area contributed by atoms with Gasteiger partial charge in [-0.3, -0.25) is 4.79 Å². The Balaban J connectivity index is 0. The molecule has 10 heteroatoms. The van der Waals surface area contributed by atoms with E-state index in [1.165, 1.54) is 0 Å². The minimum absolute atomic E-state index is 0. The molecule has 1 amide bonds. The SMILES string of the molecule is O=C(O)C1CCN(C(=O)OCc2ccccc2)CC1.O=C([O-])[O-].[Na+].[Na+]. The number of hydrogen-bond acceptors (Lipinski definition) is 6. The van der Waals surface area contributed by atoms with Crippen molar-refractivity contribution in [2.45, 2.75) is 19.4 Å². The Bertz CT molecular complexity index is 530. The predicted molar refractivity (Wildman–Crippen MR) is 74.0 cm³/mol. The van der Waals surface area contributed by atoms with Crippen molar-refractivity contribution < 1.29 is 93.6 Å². The van der Waals surface area contributed by atoms with E-state index in [0.717, 1.165) is 5.56 Å². The Kier molecular flexibility index (Phi) is 15.2. The van der Waals surface area contributed by atoms with Gasteiger partial charge < -0.3 is 29.8 Å². The van der Waals surface area contributed by atoms with Gasteiger partial charge in [0.15, 0.2) is 0 Å². The molecule has 8 nitrogen and oxygen atoms in total. The average molecular weight is 369 g/mol. The van der Waals surface area contributed by atoms with Gasteiger partial charge in [-0.15, -0.1) is 0 Å². The molecule has 1 aliphatic heterocycles. The van der Waals surface area contributed by atoms with Gasteiger partial charge in [0.1, 0.15) is 6.61 Å². The predicted octanol–water partition coefficient (Wildman–Crippen LogP) is -6.32. The summed E-state index contributed by atoms with van der Waals surface area (Å²) in [6.07, 6.45) is -1.71. The third kappa shape index (κ3) is 11.5. The molecule has 0 aliphatic carbocycles. The number of carbonyl (C=O) groups is 3. The van der Waals surface area contributed by atoms with E-state index < -0.39 is 12.1 Å². The van der Waals surface area contributed by atoms with Gasteiger partial charge >= 0.3 is 71.2 Å². The maximum Gasteiger partial charge on any atom is 1.00 e. The molecule has 25 heavy (non-hydrogen) atoms. The van der Waals surface area contributed by atoms with Crippen molar-refractivity contribution in [3.63, 3.8) is 0 Å². The van der Waals surface area contributed by atoms with Gasteiger partial charge in [-0.1, -0.05) is 30.3 Å². The number of likely N-dealkylation sites (tertiary alicyclic amines) is 1. The molecule has 0 radical (unpaired) electrons. The van der Waals surface area contributed by atoms with Crippen LogP contribution in [0.5, 0.6) is 0 Å². The molecular weight excluding hydrogens is 352 g/mol. The second-order valence-electron chi connectivity index (χ2n) is 4.89. The summed E-state index contributed by atoms with van der Waals surface area (Å²) in [5, 5.41) is 25.5. The summed E-state index contributed by atoms with van der Waals surface area (Å²) in [4.78, 5) is 32.5. The number of rotatable bonds is 3. The van der Waals surface area contributed by atoms with E-state index in [0.29, 0.717) is 25.9 Å².